The molecule has 0 spiro atoms. The fourth-order valence-corrected chi connectivity index (χ4v) is 3.20. The number of primary amides is 1. The number of hydrogen-bond donors (Lipinski definition) is 1. The van der Waals surface area contributed by atoms with Crippen LogP contribution in [0.3, 0.4) is 0 Å². The summed E-state index contributed by atoms with van der Waals surface area (Å²) in [6.07, 6.45) is 1.65. The molecule has 0 heterocycles. The predicted octanol–water partition coefficient (Wildman–Crippen LogP) is 0.967. The highest BCUT2D eigenvalue weighted by molar-refractivity contribution is 8.16. The third-order valence-electron chi connectivity index (χ3n) is 1.55. The second-order valence-corrected chi connectivity index (χ2v) is 5.02. The van der Waals surface area contributed by atoms with Crippen LogP contribution in [0.15, 0.2) is 0 Å². The van der Waals surface area contributed by atoms with Gasteiger partial charge in [-0.25, -0.2) is 0 Å². The van der Waals surface area contributed by atoms with E-state index >= 15 is 0 Å². The van der Waals surface area contributed by atoms with Crippen molar-refractivity contribution < 1.29 is 9.72 Å². The van der Waals surface area contributed by atoms with Crippen molar-refractivity contribution in [2.24, 2.45) is 5.73 Å². The van der Waals surface area contributed by atoms with Gasteiger partial charge < -0.3 is 5.73 Å². The Morgan fingerprint density at radius 3 is 2.00 bits per heavy atom. The van der Waals surface area contributed by atoms with Crippen molar-refractivity contribution in [1.82, 2.24) is 0 Å². The lowest BCUT2D eigenvalue weighted by atomic mass is 10.6. The Morgan fingerprint density at radius 1 is 1.36 bits per heavy atom. The molecule has 0 bridgehead atoms. The summed E-state index contributed by atoms with van der Waals surface area (Å²) in [6.45, 7) is 3.88. The summed E-state index contributed by atoms with van der Waals surface area (Å²) in [7, 11) is -0.579. The van der Waals surface area contributed by atoms with Crippen LogP contribution in [0.25, 0.3) is 0 Å². The highest BCUT2D eigenvalue weighted by Gasteiger charge is 2.22. The van der Waals surface area contributed by atoms with E-state index in [1.807, 2.05) is 13.8 Å². The van der Waals surface area contributed by atoms with Gasteiger partial charge in [0, 0.05) is 0 Å². The van der Waals surface area contributed by atoms with Crippen LogP contribution in [0.4, 0.5) is 0 Å². The van der Waals surface area contributed by atoms with Crippen molar-refractivity contribution in [3.8, 4) is 0 Å². The third kappa shape index (κ3) is 3.87. The number of nitrogens with two attached hydrogens (primary N) is 1. The minimum atomic E-state index is -0.889. The van der Waals surface area contributed by atoms with Crippen LogP contribution < -0.4 is 5.73 Å². The largest absolute Gasteiger partial charge is 0.360 e. The first-order chi connectivity index (χ1) is 6.54. The fraction of sp³-hybridized carbons (Fsp3) is 0.750. The number of carbonyl (C=O) groups excluding carboxylic acids is 1. The molecule has 0 aromatic carbocycles. The highest BCUT2D eigenvalue weighted by atomic mass is 32.2. The summed E-state index contributed by atoms with van der Waals surface area (Å²) >= 11 is 0. The molecule has 2 N–H and O–H groups in total. The van der Waals surface area contributed by atoms with E-state index in [-0.39, 0.29) is 4.99 Å². The molecule has 5 nitrogen and oxygen atoms in total. The van der Waals surface area contributed by atoms with Crippen molar-refractivity contribution in [1.29, 1.82) is 0 Å². The number of nitro groups is 1. The van der Waals surface area contributed by atoms with Gasteiger partial charge in [0.1, 0.15) is 0 Å². The van der Waals surface area contributed by atoms with Gasteiger partial charge in [0.25, 0.3) is 0 Å². The van der Waals surface area contributed by atoms with Gasteiger partial charge in [-0.3, -0.25) is 14.9 Å². The van der Waals surface area contributed by atoms with Crippen LogP contribution in [0.5, 0.6) is 0 Å². The molecule has 0 aliphatic carbocycles. The molecule has 0 radical (unpaired) electrons. The Labute approximate surface area is 85.7 Å². The number of carbonyl (C=O) groups is 1. The average Bonchev–Trinajstić information content (AvgIpc) is 2.03. The first-order valence-corrected chi connectivity index (χ1v) is 6.09. The van der Waals surface area contributed by atoms with Crippen molar-refractivity contribution in [3.63, 3.8) is 0 Å². The predicted molar refractivity (Wildman–Crippen MR) is 59.1 cm³/mol. The van der Waals surface area contributed by atoms with Gasteiger partial charge in [0.05, 0.1) is 4.92 Å². The molecule has 0 atom stereocenters. The van der Waals surface area contributed by atoms with E-state index in [4.69, 9.17) is 5.73 Å². The number of hydrogen-bond acceptors (Lipinski definition) is 3. The first-order valence-electron chi connectivity index (χ1n) is 4.53. The summed E-state index contributed by atoms with van der Waals surface area (Å²) in [5.74, 6) is 0.459. The molecule has 0 unspecified atom stereocenters. The molecule has 0 aromatic heterocycles. The molecule has 0 rings (SSSR count). The van der Waals surface area contributed by atoms with Gasteiger partial charge in [0.2, 0.25) is 0 Å². The molecular weight excluding hydrogens is 204 g/mol. The summed E-state index contributed by atoms with van der Waals surface area (Å²) in [6, 6.07) is 0. The molecule has 0 saturated heterocycles. The van der Waals surface area contributed by atoms with Gasteiger partial charge in [-0.15, -0.1) is 10.5 Å². The van der Waals surface area contributed by atoms with Crippen molar-refractivity contribution in [2.45, 2.75) is 26.7 Å². The Hall–Kier alpha value is -0.910. The molecule has 0 saturated carbocycles. The topological polar surface area (TPSA) is 86.2 Å². The standard InChI is InChI=1S/C8H16N2O3S/c1-3-5-14(6-4-2)8(7(9)11)10(12)13/h3-6H2,1-2H3,(H2,9,11). The maximum Gasteiger partial charge on any atom is 0.357 e. The van der Waals surface area contributed by atoms with Gasteiger partial charge in [0.15, 0.2) is 0 Å². The van der Waals surface area contributed by atoms with Crippen molar-refractivity contribution in [2.75, 3.05) is 11.5 Å². The maximum absolute atomic E-state index is 10.9. The summed E-state index contributed by atoms with van der Waals surface area (Å²) in [5, 5.41) is 10.6. The SMILES string of the molecule is CCCS(CCC)=C(C(N)=O)[N+](=O)[O-]. The van der Waals surface area contributed by atoms with E-state index in [2.05, 4.69) is 0 Å². The molecule has 14 heavy (non-hydrogen) atoms. The van der Waals surface area contributed by atoms with E-state index in [0.717, 1.165) is 12.8 Å². The number of rotatable bonds is 4. The quantitative estimate of drug-likeness (QED) is 0.435. The fourth-order valence-electron chi connectivity index (χ4n) is 1.13. The lowest BCUT2D eigenvalue weighted by Crippen LogP contribution is -2.30. The van der Waals surface area contributed by atoms with E-state index in [1.165, 1.54) is 0 Å². The molecule has 0 aliphatic rings. The summed E-state index contributed by atoms with van der Waals surface area (Å²) in [5.41, 5.74) is 4.99. The lowest BCUT2D eigenvalue weighted by molar-refractivity contribution is -0.344. The van der Waals surface area contributed by atoms with Gasteiger partial charge in [-0.1, -0.05) is 13.8 Å². The van der Waals surface area contributed by atoms with E-state index in [0.29, 0.717) is 11.5 Å². The van der Waals surface area contributed by atoms with Crippen LogP contribution in [-0.4, -0.2) is 27.3 Å². The van der Waals surface area contributed by atoms with Crippen LogP contribution in [0.1, 0.15) is 26.7 Å². The minimum Gasteiger partial charge on any atom is -0.360 e. The van der Waals surface area contributed by atoms with E-state index in [1.54, 1.807) is 0 Å². The number of amides is 1. The second kappa shape index (κ2) is 6.53. The number of nitrogens with zero attached hydrogens (tertiary/aromatic N) is 1. The molecule has 0 aliphatic heterocycles. The van der Waals surface area contributed by atoms with Crippen molar-refractivity contribution in [3.05, 3.63) is 10.1 Å². The molecule has 0 fully saturated rings. The molecule has 82 valence electrons. The van der Waals surface area contributed by atoms with Gasteiger partial charge in [-0.05, 0) is 24.3 Å². The second-order valence-electron chi connectivity index (χ2n) is 2.83. The van der Waals surface area contributed by atoms with Crippen LogP contribution in [0.2, 0.25) is 0 Å². The zero-order chi connectivity index (χ0) is 11.1. The highest BCUT2D eigenvalue weighted by Crippen LogP contribution is 2.18. The monoisotopic (exact) mass is 220 g/mol. The van der Waals surface area contributed by atoms with Crippen LogP contribution in [-0.2, 0) is 4.79 Å². The Balaban J connectivity index is 5.03. The lowest BCUT2D eigenvalue weighted by Gasteiger charge is -2.05. The van der Waals surface area contributed by atoms with Gasteiger partial charge >= 0.3 is 10.9 Å². The summed E-state index contributed by atoms with van der Waals surface area (Å²) in [4.78, 5) is 20.5. The van der Waals surface area contributed by atoms with Crippen molar-refractivity contribution >= 4 is 21.4 Å². The minimum absolute atomic E-state index is 0.311. The van der Waals surface area contributed by atoms with Crippen LogP contribution in [0, 0.1) is 10.1 Å². The molecule has 1 amide bonds. The first kappa shape index (κ1) is 13.1. The van der Waals surface area contributed by atoms with E-state index in [9.17, 15) is 14.9 Å². The maximum atomic E-state index is 10.9. The molecule has 6 heteroatoms. The third-order valence-corrected chi connectivity index (χ3v) is 4.25. The normalized spacial score (nSPS) is 10.2. The zero-order valence-corrected chi connectivity index (χ0v) is 9.30. The van der Waals surface area contributed by atoms with E-state index < -0.39 is 21.3 Å². The zero-order valence-electron chi connectivity index (χ0n) is 8.49. The van der Waals surface area contributed by atoms with Gasteiger partial charge in [-0.2, -0.15) is 0 Å². The Morgan fingerprint density at radius 2 is 1.79 bits per heavy atom. The Kier molecular flexibility index (Phi) is 6.11. The average molecular weight is 220 g/mol. The molecule has 0 aromatic rings. The Bertz CT molecular complexity index is 239. The summed E-state index contributed by atoms with van der Waals surface area (Å²) < 4.78 is 0. The molecular formula is C8H16N2O3S. The smallest absolute Gasteiger partial charge is 0.357 e. The van der Waals surface area contributed by atoms with Crippen LogP contribution >= 0.6 is 10.5 Å².